The fraction of sp³-hybridized carbons (Fsp3) is 0.571. The Kier molecular flexibility index (Phi) is 3.97. The van der Waals surface area contributed by atoms with Crippen molar-refractivity contribution in [3.8, 4) is 0 Å². The van der Waals surface area contributed by atoms with Crippen molar-refractivity contribution >= 4 is 0 Å². The highest BCUT2D eigenvalue weighted by molar-refractivity contribution is 5.29. The summed E-state index contributed by atoms with van der Waals surface area (Å²) in [5, 5.41) is 10.2. The van der Waals surface area contributed by atoms with E-state index in [1.54, 1.807) is 6.92 Å². The second-order valence-electron chi connectivity index (χ2n) is 5.15. The van der Waals surface area contributed by atoms with Gasteiger partial charge in [0.05, 0.1) is 12.1 Å². The first-order chi connectivity index (χ1) is 8.52. The molecule has 0 unspecified atom stereocenters. The lowest BCUT2D eigenvalue weighted by molar-refractivity contribution is 0.0819. The molecule has 0 aliphatic heterocycles. The van der Waals surface area contributed by atoms with E-state index in [2.05, 4.69) is 0 Å². The zero-order valence-corrected chi connectivity index (χ0v) is 10.5. The monoisotopic (exact) mass is 255 g/mol. The van der Waals surface area contributed by atoms with Gasteiger partial charge in [0.2, 0.25) is 0 Å². The Morgan fingerprint density at radius 1 is 1.28 bits per heavy atom. The van der Waals surface area contributed by atoms with Crippen molar-refractivity contribution in [1.82, 2.24) is 0 Å². The predicted octanol–water partition coefficient (Wildman–Crippen LogP) is 2.82. The van der Waals surface area contributed by atoms with Gasteiger partial charge in [-0.25, -0.2) is 8.78 Å². The van der Waals surface area contributed by atoms with Crippen molar-refractivity contribution in [2.75, 3.05) is 0 Å². The molecule has 0 saturated heterocycles. The summed E-state index contributed by atoms with van der Waals surface area (Å²) in [4.78, 5) is 0. The molecule has 1 fully saturated rings. The third kappa shape index (κ3) is 2.40. The summed E-state index contributed by atoms with van der Waals surface area (Å²) in [6.07, 6.45) is 2.98. The van der Waals surface area contributed by atoms with Crippen LogP contribution in [-0.4, -0.2) is 11.2 Å². The van der Waals surface area contributed by atoms with E-state index in [1.807, 2.05) is 0 Å². The molecule has 0 bridgehead atoms. The van der Waals surface area contributed by atoms with E-state index in [1.165, 1.54) is 12.1 Å². The molecular formula is C14H19F2NO. The molecule has 1 saturated carbocycles. The minimum absolute atomic E-state index is 0.0549. The Morgan fingerprint density at radius 2 is 1.89 bits per heavy atom. The van der Waals surface area contributed by atoms with Crippen molar-refractivity contribution in [3.63, 3.8) is 0 Å². The molecule has 2 rings (SSSR count). The van der Waals surface area contributed by atoms with Gasteiger partial charge in [-0.15, -0.1) is 0 Å². The van der Waals surface area contributed by atoms with Gasteiger partial charge in [0.15, 0.2) is 0 Å². The van der Waals surface area contributed by atoms with Crippen LogP contribution in [0.25, 0.3) is 0 Å². The molecule has 2 atom stereocenters. The number of benzene rings is 1. The van der Waals surface area contributed by atoms with Gasteiger partial charge in [0, 0.05) is 5.56 Å². The summed E-state index contributed by atoms with van der Waals surface area (Å²) in [7, 11) is 0. The van der Waals surface area contributed by atoms with Crippen molar-refractivity contribution in [2.24, 2.45) is 11.7 Å². The fourth-order valence-electron chi connectivity index (χ4n) is 2.75. The van der Waals surface area contributed by atoms with Crippen LogP contribution in [0.3, 0.4) is 0 Å². The van der Waals surface area contributed by atoms with E-state index < -0.39 is 23.8 Å². The summed E-state index contributed by atoms with van der Waals surface area (Å²) in [5.41, 5.74) is 6.02. The van der Waals surface area contributed by atoms with E-state index >= 15 is 0 Å². The summed E-state index contributed by atoms with van der Waals surface area (Å²) >= 11 is 0. The van der Waals surface area contributed by atoms with Crippen LogP contribution >= 0.6 is 0 Å². The third-order valence-corrected chi connectivity index (χ3v) is 3.90. The molecule has 0 radical (unpaired) electrons. The minimum atomic E-state index is -0.993. The van der Waals surface area contributed by atoms with Crippen LogP contribution in [0.5, 0.6) is 0 Å². The second-order valence-corrected chi connectivity index (χ2v) is 5.15. The van der Waals surface area contributed by atoms with Gasteiger partial charge >= 0.3 is 0 Å². The molecule has 1 aliphatic rings. The van der Waals surface area contributed by atoms with E-state index in [-0.39, 0.29) is 11.5 Å². The maximum absolute atomic E-state index is 13.9. The average molecular weight is 255 g/mol. The standard InChI is InChI=1S/C14H19F2NO/c1-8-6-7-10(15)11(12(8)16)13(17)14(18)9-4-2-3-5-9/h6-7,9,13-14,18H,2-5,17H2,1H3/t13-,14+/m0/s1. The van der Waals surface area contributed by atoms with Crippen molar-refractivity contribution in [2.45, 2.75) is 44.8 Å². The molecule has 1 aromatic carbocycles. The summed E-state index contributed by atoms with van der Waals surface area (Å²) in [5.74, 6) is -1.26. The molecule has 3 N–H and O–H groups in total. The van der Waals surface area contributed by atoms with E-state index in [0.717, 1.165) is 25.7 Å². The van der Waals surface area contributed by atoms with Crippen LogP contribution < -0.4 is 5.73 Å². The first-order valence-electron chi connectivity index (χ1n) is 6.40. The molecule has 0 amide bonds. The van der Waals surface area contributed by atoms with Gasteiger partial charge < -0.3 is 10.8 Å². The molecule has 0 spiro atoms. The highest BCUT2D eigenvalue weighted by Crippen LogP contribution is 2.34. The van der Waals surface area contributed by atoms with Crippen LogP contribution in [-0.2, 0) is 0 Å². The fourth-order valence-corrected chi connectivity index (χ4v) is 2.75. The maximum Gasteiger partial charge on any atom is 0.133 e. The van der Waals surface area contributed by atoms with Crippen LogP contribution in [0, 0.1) is 24.5 Å². The Labute approximate surface area is 106 Å². The quantitative estimate of drug-likeness (QED) is 0.872. The van der Waals surface area contributed by atoms with Gasteiger partial charge in [-0.2, -0.15) is 0 Å². The van der Waals surface area contributed by atoms with Crippen LogP contribution in [0.4, 0.5) is 8.78 Å². The molecule has 4 heteroatoms. The molecule has 0 aromatic heterocycles. The minimum Gasteiger partial charge on any atom is -0.391 e. The van der Waals surface area contributed by atoms with E-state index in [0.29, 0.717) is 5.56 Å². The van der Waals surface area contributed by atoms with Crippen molar-refractivity contribution < 1.29 is 13.9 Å². The highest BCUT2D eigenvalue weighted by Gasteiger charge is 2.32. The molecule has 0 heterocycles. The number of nitrogens with two attached hydrogens (primary N) is 1. The first-order valence-corrected chi connectivity index (χ1v) is 6.40. The number of aryl methyl sites for hydroxylation is 1. The van der Waals surface area contributed by atoms with Gasteiger partial charge in [-0.05, 0) is 37.3 Å². The van der Waals surface area contributed by atoms with Crippen LogP contribution in [0.2, 0.25) is 0 Å². The lowest BCUT2D eigenvalue weighted by atomic mass is 9.89. The van der Waals surface area contributed by atoms with Gasteiger partial charge in [0.1, 0.15) is 11.6 Å². The lowest BCUT2D eigenvalue weighted by Crippen LogP contribution is -2.33. The van der Waals surface area contributed by atoms with E-state index in [9.17, 15) is 13.9 Å². The van der Waals surface area contributed by atoms with Crippen molar-refractivity contribution in [3.05, 3.63) is 34.9 Å². The molecular weight excluding hydrogens is 236 g/mol. The molecule has 18 heavy (non-hydrogen) atoms. The zero-order chi connectivity index (χ0) is 13.3. The number of halogens is 2. The van der Waals surface area contributed by atoms with Gasteiger partial charge in [-0.3, -0.25) is 0 Å². The summed E-state index contributed by atoms with van der Waals surface area (Å²) in [6, 6.07) is 1.59. The molecule has 2 nitrogen and oxygen atoms in total. The number of hydrogen-bond acceptors (Lipinski definition) is 2. The maximum atomic E-state index is 13.9. The zero-order valence-electron chi connectivity index (χ0n) is 10.5. The molecule has 100 valence electrons. The van der Waals surface area contributed by atoms with E-state index in [4.69, 9.17) is 5.73 Å². The summed E-state index contributed by atoms with van der Waals surface area (Å²) in [6.45, 7) is 1.56. The number of aliphatic hydroxyl groups excluding tert-OH is 1. The SMILES string of the molecule is Cc1ccc(F)c([C@H](N)[C@H](O)C2CCCC2)c1F. The highest BCUT2D eigenvalue weighted by atomic mass is 19.1. The summed E-state index contributed by atoms with van der Waals surface area (Å²) < 4.78 is 27.6. The van der Waals surface area contributed by atoms with Crippen molar-refractivity contribution in [1.29, 1.82) is 0 Å². The largest absolute Gasteiger partial charge is 0.391 e. The Hall–Kier alpha value is -1.00. The van der Waals surface area contributed by atoms with Gasteiger partial charge in [-0.1, -0.05) is 18.9 Å². The topological polar surface area (TPSA) is 46.2 Å². The lowest BCUT2D eigenvalue weighted by Gasteiger charge is -2.25. The van der Waals surface area contributed by atoms with Crippen LogP contribution in [0.1, 0.15) is 42.9 Å². The number of hydrogen-bond donors (Lipinski definition) is 2. The third-order valence-electron chi connectivity index (χ3n) is 3.90. The predicted molar refractivity (Wildman–Crippen MR) is 66.0 cm³/mol. The molecule has 1 aromatic rings. The number of rotatable bonds is 3. The van der Waals surface area contributed by atoms with Crippen LogP contribution in [0.15, 0.2) is 12.1 Å². The smallest absolute Gasteiger partial charge is 0.133 e. The molecule has 1 aliphatic carbocycles. The average Bonchev–Trinajstić information content (AvgIpc) is 2.87. The number of aliphatic hydroxyl groups is 1. The normalized spacial score (nSPS) is 20.1. The Morgan fingerprint density at radius 3 is 2.50 bits per heavy atom. The second kappa shape index (κ2) is 5.33. The Bertz CT molecular complexity index is 430. The Balaban J connectivity index is 2.27. The van der Waals surface area contributed by atoms with Gasteiger partial charge in [0.25, 0.3) is 0 Å². The first kappa shape index (κ1) is 13.4.